The first-order valence-corrected chi connectivity index (χ1v) is 40.5. The van der Waals surface area contributed by atoms with E-state index in [-0.39, 0.29) is 38.6 Å². The van der Waals surface area contributed by atoms with E-state index in [1.807, 2.05) is 0 Å². The smallest absolute Gasteiger partial charge is 0.462 e. The second-order valence-electron chi connectivity index (χ2n) is 25.8. The van der Waals surface area contributed by atoms with Crippen molar-refractivity contribution >= 4 is 19.8 Å². The normalized spacial score (nSPS) is 13.5. The van der Waals surface area contributed by atoms with E-state index in [4.69, 9.17) is 24.3 Å². The average molecular weight is 1320 g/mol. The van der Waals surface area contributed by atoms with Crippen LogP contribution in [0.15, 0.2) is 122 Å². The van der Waals surface area contributed by atoms with Gasteiger partial charge in [-0.3, -0.25) is 18.6 Å². The number of hydrogen-bond acceptors (Lipinski definition) is 8. The molecular weight excluding hydrogens is 1170 g/mol. The number of hydrogen-bond donors (Lipinski definition) is 2. The highest BCUT2D eigenvalue weighted by atomic mass is 31.2. The van der Waals surface area contributed by atoms with Crippen LogP contribution in [0.2, 0.25) is 0 Å². The zero-order valence-corrected chi connectivity index (χ0v) is 61.4. The largest absolute Gasteiger partial charge is 0.472 e. The van der Waals surface area contributed by atoms with Crippen molar-refractivity contribution in [3.63, 3.8) is 0 Å². The van der Waals surface area contributed by atoms with Gasteiger partial charge in [-0.15, -0.1) is 0 Å². The summed E-state index contributed by atoms with van der Waals surface area (Å²) in [6.07, 6.45) is 109. The quantitative estimate of drug-likeness (QED) is 0.0264. The number of unbranched alkanes of at least 4 members (excludes halogenated alkanes) is 40. The van der Waals surface area contributed by atoms with Crippen LogP contribution in [-0.4, -0.2) is 49.3 Å². The van der Waals surface area contributed by atoms with Crippen LogP contribution in [0.5, 0.6) is 0 Å². The first kappa shape index (κ1) is 89.4. The Bertz CT molecular complexity index is 1950. The van der Waals surface area contributed by atoms with Crippen LogP contribution in [0.3, 0.4) is 0 Å². The van der Waals surface area contributed by atoms with E-state index in [0.29, 0.717) is 6.42 Å². The number of nitrogens with two attached hydrogens (primary N) is 1. The molecule has 0 saturated heterocycles. The maximum absolute atomic E-state index is 12.8. The Kier molecular flexibility index (Phi) is 74.4. The molecule has 0 aliphatic rings. The maximum Gasteiger partial charge on any atom is 0.472 e. The number of carbonyl (C=O) groups excluding carboxylic acids is 2. The van der Waals surface area contributed by atoms with Crippen LogP contribution in [0.25, 0.3) is 0 Å². The molecule has 93 heavy (non-hydrogen) atoms. The third-order valence-electron chi connectivity index (χ3n) is 16.8. The highest BCUT2D eigenvalue weighted by Crippen LogP contribution is 2.43. The molecule has 536 valence electrons. The topological polar surface area (TPSA) is 134 Å². The fraction of sp³-hybridized carbons (Fsp3) is 0.735. The lowest BCUT2D eigenvalue weighted by atomic mass is 10.0. The van der Waals surface area contributed by atoms with E-state index in [2.05, 4.69) is 135 Å². The number of phosphoric acid groups is 1. The van der Waals surface area contributed by atoms with Gasteiger partial charge in [-0.25, -0.2) is 4.57 Å². The fourth-order valence-electron chi connectivity index (χ4n) is 11.1. The predicted molar refractivity (Wildman–Crippen MR) is 404 cm³/mol. The van der Waals surface area contributed by atoms with Crippen molar-refractivity contribution in [1.82, 2.24) is 0 Å². The van der Waals surface area contributed by atoms with Crippen LogP contribution >= 0.6 is 7.82 Å². The van der Waals surface area contributed by atoms with Gasteiger partial charge in [0.2, 0.25) is 0 Å². The van der Waals surface area contributed by atoms with E-state index in [0.717, 1.165) is 103 Å². The van der Waals surface area contributed by atoms with Crippen LogP contribution < -0.4 is 5.73 Å². The van der Waals surface area contributed by atoms with Gasteiger partial charge < -0.3 is 20.1 Å². The van der Waals surface area contributed by atoms with Crippen molar-refractivity contribution in [3.8, 4) is 0 Å². The standard InChI is InChI=1S/C83H146NO8P/c1-3-5-7-9-11-13-15-17-19-21-23-25-27-29-31-33-35-37-39-40-42-43-45-47-49-51-53-55-57-59-61-63-65-67-69-71-73-75-82(85)89-79-81(80-91-93(87,88)90-78-77-84)92-83(86)76-74-72-70-68-66-64-62-60-58-56-54-52-50-48-46-44-41-38-36-34-32-30-28-26-24-22-20-18-16-14-12-10-8-6-4-2/h6,8,12,14,18,20-21,23-24,26,30,32,36,38,44,46,50,52,56,58,81H,3-5,7,9-11,13,15-17,19,22,25,27-29,31,33-35,37,39-43,45,47-49,51,53-55,57,59-80,84H2,1-2H3,(H,87,88)/b8-6-,14-12-,20-18-,23-21-,26-24-,32-30-,38-36-,46-44-,52-50-,58-56-. The second-order valence-corrected chi connectivity index (χ2v) is 27.3. The molecule has 0 saturated carbocycles. The molecule has 0 aromatic rings. The van der Waals surface area contributed by atoms with Gasteiger partial charge in [0.25, 0.3) is 0 Å². The summed E-state index contributed by atoms with van der Waals surface area (Å²) in [5.41, 5.74) is 5.41. The molecular formula is C83H146NO8P. The molecule has 0 aromatic heterocycles. The van der Waals surface area contributed by atoms with Gasteiger partial charge in [-0.05, 0) is 109 Å². The van der Waals surface area contributed by atoms with Crippen LogP contribution in [-0.2, 0) is 32.7 Å². The molecule has 0 aliphatic heterocycles. The third kappa shape index (κ3) is 77.3. The molecule has 0 radical (unpaired) electrons. The van der Waals surface area contributed by atoms with E-state index < -0.39 is 26.5 Å². The Hall–Kier alpha value is -3.59. The lowest BCUT2D eigenvalue weighted by molar-refractivity contribution is -0.161. The minimum Gasteiger partial charge on any atom is -0.462 e. The van der Waals surface area contributed by atoms with Gasteiger partial charge in [-0.1, -0.05) is 360 Å². The minimum absolute atomic E-state index is 0.0473. The zero-order chi connectivity index (χ0) is 67.2. The summed E-state index contributed by atoms with van der Waals surface area (Å²) in [7, 11) is -4.41. The first-order chi connectivity index (χ1) is 45.8. The maximum atomic E-state index is 12.8. The second kappa shape index (κ2) is 77.4. The molecule has 0 bridgehead atoms. The lowest BCUT2D eigenvalue weighted by Crippen LogP contribution is -2.29. The summed E-state index contributed by atoms with van der Waals surface area (Å²) in [5.74, 6) is -0.833. The highest BCUT2D eigenvalue weighted by Gasteiger charge is 2.26. The third-order valence-corrected chi connectivity index (χ3v) is 17.8. The minimum atomic E-state index is -4.41. The molecule has 0 amide bonds. The Morgan fingerprint density at radius 1 is 0.333 bits per heavy atom. The average Bonchev–Trinajstić information content (AvgIpc) is 3.70. The van der Waals surface area contributed by atoms with Gasteiger partial charge in [-0.2, -0.15) is 0 Å². The Morgan fingerprint density at radius 2 is 0.591 bits per heavy atom. The summed E-state index contributed by atoms with van der Waals surface area (Å²) in [6, 6.07) is 0. The molecule has 0 fully saturated rings. The van der Waals surface area contributed by atoms with Crippen molar-refractivity contribution in [2.75, 3.05) is 26.4 Å². The van der Waals surface area contributed by atoms with Gasteiger partial charge in [0.1, 0.15) is 6.61 Å². The first-order valence-electron chi connectivity index (χ1n) is 39.0. The summed E-state index contributed by atoms with van der Waals surface area (Å²) in [6.45, 7) is 3.65. The van der Waals surface area contributed by atoms with Crippen molar-refractivity contribution in [1.29, 1.82) is 0 Å². The molecule has 0 heterocycles. The number of carbonyl (C=O) groups is 2. The summed E-state index contributed by atoms with van der Waals surface area (Å²) < 4.78 is 33.2. The van der Waals surface area contributed by atoms with Gasteiger partial charge >= 0.3 is 19.8 Å². The molecule has 9 nitrogen and oxygen atoms in total. The number of ether oxygens (including phenoxy) is 2. The van der Waals surface area contributed by atoms with E-state index >= 15 is 0 Å². The van der Waals surface area contributed by atoms with Crippen molar-refractivity contribution < 1.29 is 37.6 Å². The van der Waals surface area contributed by atoms with Crippen LogP contribution in [0.4, 0.5) is 0 Å². The number of phosphoric ester groups is 1. The molecule has 0 aromatic carbocycles. The van der Waals surface area contributed by atoms with Gasteiger partial charge in [0, 0.05) is 19.4 Å². The van der Waals surface area contributed by atoms with Gasteiger partial charge in [0.05, 0.1) is 13.2 Å². The molecule has 0 spiro atoms. The van der Waals surface area contributed by atoms with Crippen molar-refractivity contribution in [2.45, 2.75) is 367 Å². The molecule has 2 atom stereocenters. The summed E-state index contributed by atoms with van der Waals surface area (Å²) >= 11 is 0. The molecule has 3 N–H and O–H groups in total. The Balaban J connectivity index is 3.87. The van der Waals surface area contributed by atoms with Crippen molar-refractivity contribution in [2.24, 2.45) is 5.73 Å². The van der Waals surface area contributed by atoms with Crippen LogP contribution in [0, 0.1) is 0 Å². The highest BCUT2D eigenvalue weighted by molar-refractivity contribution is 7.47. The van der Waals surface area contributed by atoms with Crippen LogP contribution in [0.1, 0.15) is 361 Å². The lowest BCUT2D eigenvalue weighted by Gasteiger charge is -2.19. The Morgan fingerprint density at radius 3 is 0.892 bits per heavy atom. The molecule has 0 aliphatic carbocycles. The number of rotatable bonds is 73. The zero-order valence-electron chi connectivity index (χ0n) is 60.5. The predicted octanol–water partition coefficient (Wildman–Crippen LogP) is 26.2. The van der Waals surface area contributed by atoms with E-state index in [1.54, 1.807) is 0 Å². The molecule has 2 unspecified atom stereocenters. The fourth-order valence-corrected chi connectivity index (χ4v) is 11.9. The van der Waals surface area contributed by atoms with Gasteiger partial charge in [0.15, 0.2) is 6.10 Å². The SMILES string of the molecule is CC/C=C\C/C=C\C/C=C\C/C=C\C/C=C\C/C=C\C/C=C\C/C=C\C/C=C\CCCCCCCCCC(=O)OC(COC(=O)CCCCCCCCCCCCCCCCCCCCCCCCCCC/C=C\CCCCCCCCCC)COP(=O)(O)OCCN. The van der Waals surface area contributed by atoms with E-state index in [9.17, 15) is 19.0 Å². The number of allylic oxidation sites excluding steroid dienone is 20. The van der Waals surface area contributed by atoms with E-state index in [1.165, 1.54) is 225 Å². The van der Waals surface area contributed by atoms with Crippen molar-refractivity contribution in [3.05, 3.63) is 122 Å². The Labute approximate surface area is 574 Å². The number of esters is 2. The molecule has 0 rings (SSSR count). The molecule has 10 heteroatoms. The monoisotopic (exact) mass is 1320 g/mol. The summed E-state index contributed by atoms with van der Waals surface area (Å²) in [4.78, 5) is 35.4. The summed E-state index contributed by atoms with van der Waals surface area (Å²) in [5, 5.41) is 0.